The van der Waals surface area contributed by atoms with Crippen LogP contribution in [0, 0.1) is 0 Å². The lowest BCUT2D eigenvalue weighted by Crippen LogP contribution is -2.17. The van der Waals surface area contributed by atoms with Gasteiger partial charge in [0, 0.05) is 11.4 Å². The number of thiophene rings is 1. The van der Waals surface area contributed by atoms with E-state index in [1.165, 1.54) is 24.0 Å². The van der Waals surface area contributed by atoms with Crippen LogP contribution in [0.15, 0.2) is 22.2 Å². The molecule has 0 saturated carbocycles. The number of esters is 1. The highest BCUT2D eigenvalue weighted by Crippen LogP contribution is 2.18. The monoisotopic (exact) mass is 282 g/mol. The highest BCUT2D eigenvalue weighted by atomic mass is 32.1. The average Bonchev–Trinajstić information content (AvgIpc) is 2.99. The van der Waals surface area contributed by atoms with Crippen LogP contribution in [0.25, 0.3) is 0 Å². The topological polar surface area (TPSA) is 51.2 Å². The summed E-state index contributed by atoms with van der Waals surface area (Å²) in [7, 11) is 1.36. The number of nitrogens with one attached hydrogen (secondary N) is 1. The summed E-state index contributed by atoms with van der Waals surface area (Å²) < 4.78 is 4.62. The Bertz CT molecular complexity index is 508. The van der Waals surface area contributed by atoms with Crippen LogP contribution in [0.3, 0.4) is 0 Å². The number of hydrogen-bond donors (Lipinski definition) is 1. The standard InChI is InChI=1S/C12H14N2O2S2/c1-8(5-9-3-4-17-6-9)13-12-14-10(7-18-12)11(15)16-2/h3-4,6-8H,5H2,1-2H3,(H,13,14). The molecule has 0 amide bonds. The highest BCUT2D eigenvalue weighted by molar-refractivity contribution is 7.13. The molecular weight excluding hydrogens is 268 g/mol. The number of ether oxygens (including phenoxy) is 1. The molecule has 2 aromatic rings. The third-order valence-electron chi connectivity index (χ3n) is 2.39. The molecular formula is C12H14N2O2S2. The minimum absolute atomic E-state index is 0.274. The predicted molar refractivity (Wildman–Crippen MR) is 74.6 cm³/mol. The summed E-state index contributed by atoms with van der Waals surface area (Å²) >= 11 is 3.11. The SMILES string of the molecule is COC(=O)c1csc(NC(C)Cc2ccsc2)n1. The molecule has 1 unspecified atom stereocenters. The Morgan fingerprint density at radius 1 is 1.56 bits per heavy atom. The van der Waals surface area contributed by atoms with E-state index in [1.54, 1.807) is 16.7 Å². The largest absolute Gasteiger partial charge is 0.464 e. The van der Waals surface area contributed by atoms with Crippen molar-refractivity contribution in [3.63, 3.8) is 0 Å². The van der Waals surface area contributed by atoms with E-state index in [-0.39, 0.29) is 6.04 Å². The smallest absolute Gasteiger partial charge is 0.357 e. The normalized spacial score (nSPS) is 12.1. The molecule has 2 heterocycles. The molecule has 0 aliphatic carbocycles. The van der Waals surface area contributed by atoms with Crippen LogP contribution in [0.4, 0.5) is 5.13 Å². The molecule has 6 heteroatoms. The molecule has 2 aromatic heterocycles. The van der Waals surface area contributed by atoms with Gasteiger partial charge >= 0.3 is 5.97 Å². The Morgan fingerprint density at radius 3 is 3.06 bits per heavy atom. The fourth-order valence-corrected chi connectivity index (χ4v) is 3.04. The van der Waals surface area contributed by atoms with Crippen LogP contribution in [0.5, 0.6) is 0 Å². The van der Waals surface area contributed by atoms with E-state index in [2.05, 4.69) is 38.8 Å². The second-order valence-electron chi connectivity index (χ2n) is 3.91. The Morgan fingerprint density at radius 2 is 2.39 bits per heavy atom. The summed E-state index contributed by atoms with van der Waals surface area (Å²) in [6.45, 7) is 2.09. The molecule has 0 saturated heterocycles. The maximum Gasteiger partial charge on any atom is 0.357 e. The number of carbonyl (C=O) groups excluding carboxylic acids is 1. The van der Waals surface area contributed by atoms with E-state index >= 15 is 0 Å². The second-order valence-corrected chi connectivity index (χ2v) is 5.55. The molecule has 1 atom stereocenters. The molecule has 96 valence electrons. The van der Waals surface area contributed by atoms with E-state index in [4.69, 9.17) is 0 Å². The number of anilines is 1. The molecule has 0 aliphatic heterocycles. The number of thiazole rings is 1. The number of carbonyl (C=O) groups is 1. The number of methoxy groups -OCH3 is 1. The summed E-state index contributed by atoms with van der Waals surface area (Å²) in [6, 6.07) is 2.39. The third kappa shape index (κ3) is 3.30. The molecule has 0 radical (unpaired) electrons. The van der Waals surface area contributed by atoms with Gasteiger partial charge in [0.2, 0.25) is 0 Å². The summed E-state index contributed by atoms with van der Waals surface area (Å²) in [5, 5.41) is 9.94. The van der Waals surface area contributed by atoms with Crippen molar-refractivity contribution in [3.05, 3.63) is 33.5 Å². The van der Waals surface area contributed by atoms with E-state index in [0.717, 1.165) is 11.6 Å². The van der Waals surface area contributed by atoms with Gasteiger partial charge in [-0.25, -0.2) is 9.78 Å². The van der Waals surface area contributed by atoms with Crippen LogP contribution in [0.1, 0.15) is 23.0 Å². The first-order valence-electron chi connectivity index (χ1n) is 5.50. The van der Waals surface area contributed by atoms with Crippen LogP contribution >= 0.6 is 22.7 Å². The summed E-state index contributed by atoms with van der Waals surface area (Å²) in [4.78, 5) is 15.5. The van der Waals surface area contributed by atoms with E-state index in [0.29, 0.717) is 5.69 Å². The van der Waals surface area contributed by atoms with Gasteiger partial charge in [0.25, 0.3) is 0 Å². The average molecular weight is 282 g/mol. The maximum atomic E-state index is 11.3. The van der Waals surface area contributed by atoms with Gasteiger partial charge < -0.3 is 10.1 Å². The molecule has 0 aromatic carbocycles. The van der Waals surface area contributed by atoms with Gasteiger partial charge in [0.05, 0.1) is 7.11 Å². The van der Waals surface area contributed by atoms with Gasteiger partial charge in [-0.05, 0) is 35.7 Å². The molecule has 0 aliphatic rings. The van der Waals surface area contributed by atoms with Crippen molar-refractivity contribution in [3.8, 4) is 0 Å². The molecule has 4 nitrogen and oxygen atoms in total. The highest BCUT2D eigenvalue weighted by Gasteiger charge is 2.12. The maximum absolute atomic E-state index is 11.3. The van der Waals surface area contributed by atoms with Crippen molar-refractivity contribution in [1.82, 2.24) is 4.98 Å². The Balaban J connectivity index is 1.92. The molecule has 2 rings (SSSR count). The van der Waals surface area contributed by atoms with Crippen LogP contribution in [-0.4, -0.2) is 24.1 Å². The molecule has 0 fully saturated rings. The van der Waals surface area contributed by atoms with E-state index in [1.807, 2.05) is 0 Å². The first-order chi connectivity index (χ1) is 8.69. The summed E-state index contributed by atoms with van der Waals surface area (Å²) in [5.41, 5.74) is 1.66. The van der Waals surface area contributed by atoms with Crippen LogP contribution < -0.4 is 5.32 Å². The first-order valence-corrected chi connectivity index (χ1v) is 7.32. The Labute approximate surface area is 114 Å². The van der Waals surface area contributed by atoms with Crippen molar-refractivity contribution in [2.45, 2.75) is 19.4 Å². The van der Waals surface area contributed by atoms with E-state index in [9.17, 15) is 4.79 Å². The zero-order valence-corrected chi connectivity index (χ0v) is 11.8. The zero-order chi connectivity index (χ0) is 13.0. The van der Waals surface area contributed by atoms with Gasteiger partial charge in [-0.2, -0.15) is 11.3 Å². The van der Waals surface area contributed by atoms with Crippen molar-refractivity contribution >= 4 is 33.8 Å². The molecule has 0 spiro atoms. The fourth-order valence-electron chi connectivity index (χ4n) is 1.56. The minimum Gasteiger partial charge on any atom is -0.464 e. The van der Waals surface area contributed by atoms with Crippen molar-refractivity contribution < 1.29 is 9.53 Å². The molecule has 18 heavy (non-hydrogen) atoms. The van der Waals surface area contributed by atoms with Gasteiger partial charge in [0.1, 0.15) is 0 Å². The van der Waals surface area contributed by atoms with Crippen molar-refractivity contribution in [1.29, 1.82) is 0 Å². The minimum atomic E-state index is -0.398. The zero-order valence-electron chi connectivity index (χ0n) is 10.2. The van der Waals surface area contributed by atoms with Gasteiger partial charge in [-0.15, -0.1) is 11.3 Å². The molecule has 1 N–H and O–H groups in total. The fraction of sp³-hybridized carbons (Fsp3) is 0.333. The summed E-state index contributed by atoms with van der Waals surface area (Å²) in [6.07, 6.45) is 0.941. The van der Waals surface area contributed by atoms with Gasteiger partial charge in [-0.3, -0.25) is 0 Å². The Kier molecular flexibility index (Phi) is 4.33. The van der Waals surface area contributed by atoms with Crippen molar-refractivity contribution in [2.24, 2.45) is 0 Å². The third-order valence-corrected chi connectivity index (χ3v) is 3.90. The lowest BCUT2D eigenvalue weighted by Gasteiger charge is -2.11. The molecule has 0 bridgehead atoms. The van der Waals surface area contributed by atoms with Gasteiger partial charge in [-0.1, -0.05) is 0 Å². The van der Waals surface area contributed by atoms with E-state index < -0.39 is 5.97 Å². The number of nitrogens with zero attached hydrogens (tertiary/aromatic N) is 1. The first kappa shape index (κ1) is 13.0. The van der Waals surface area contributed by atoms with Crippen LogP contribution in [0.2, 0.25) is 0 Å². The quantitative estimate of drug-likeness (QED) is 0.856. The number of aromatic nitrogens is 1. The summed E-state index contributed by atoms with van der Waals surface area (Å²) in [5.74, 6) is -0.398. The lowest BCUT2D eigenvalue weighted by molar-refractivity contribution is 0.0595. The number of hydrogen-bond acceptors (Lipinski definition) is 6. The van der Waals surface area contributed by atoms with Crippen molar-refractivity contribution in [2.75, 3.05) is 12.4 Å². The number of rotatable bonds is 5. The van der Waals surface area contributed by atoms with Crippen LogP contribution in [-0.2, 0) is 11.2 Å². The predicted octanol–water partition coefficient (Wildman–Crippen LogP) is 3.03. The second kappa shape index (κ2) is 5.97. The lowest BCUT2D eigenvalue weighted by atomic mass is 10.1. The Hall–Kier alpha value is -1.40. The van der Waals surface area contributed by atoms with Gasteiger partial charge in [0.15, 0.2) is 10.8 Å².